The minimum absolute atomic E-state index is 0.0481. The van der Waals surface area contributed by atoms with E-state index in [0.717, 1.165) is 34.0 Å². The van der Waals surface area contributed by atoms with Gasteiger partial charge in [0.1, 0.15) is 5.75 Å². The molecule has 2 aromatic carbocycles. The van der Waals surface area contributed by atoms with Crippen molar-refractivity contribution in [2.75, 3.05) is 25.6 Å². The van der Waals surface area contributed by atoms with E-state index in [1.54, 1.807) is 7.11 Å². The summed E-state index contributed by atoms with van der Waals surface area (Å²) < 4.78 is 15.1. The van der Waals surface area contributed by atoms with Crippen molar-refractivity contribution >= 4 is 33.4 Å². The first-order valence-corrected chi connectivity index (χ1v) is 9.20. The number of aromatic nitrogens is 2. The van der Waals surface area contributed by atoms with Crippen LogP contribution >= 0.6 is 0 Å². The van der Waals surface area contributed by atoms with Gasteiger partial charge in [-0.05, 0) is 41.8 Å². The molecule has 0 aliphatic heterocycles. The lowest BCUT2D eigenvalue weighted by Gasteiger charge is -2.10. The number of carbonyl (C=O) groups is 1. The number of aryl methyl sites for hydroxylation is 1. The SMILES string of the molecule is COCCn1ccc2c(OCC(=O)Nc3ccc4ccn(C)c4c3)cccc21. The number of ether oxygens (including phenoxy) is 2. The van der Waals surface area contributed by atoms with E-state index in [4.69, 9.17) is 9.47 Å². The van der Waals surface area contributed by atoms with Crippen LogP contribution in [0.5, 0.6) is 5.75 Å². The highest BCUT2D eigenvalue weighted by Crippen LogP contribution is 2.27. The Hall–Kier alpha value is -3.25. The average molecular weight is 377 g/mol. The number of benzene rings is 2. The Balaban J connectivity index is 1.44. The third-order valence-corrected chi connectivity index (χ3v) is 4.84. The van der Waals surface area contributed by atoms with E-state index in [1.807, 2.05) is 72.5 Å². The smallest absolute Gasteiger partial charge is 0.262 e. The Morgan fingerprint density at radius 1 is 1.07 bits per heavy atom. The van der Waals surface area contributed by atoms with Crippen molar-refractivity contribution in [3.05, 3.63) is 60.9 Å². The molecule has 4 rings (SSSR count). The molecule has 1 N–H and O–H groups in total. The van der Waals surface area contributed by atoms with Crippen LogP contribution in [0.15, 0.2) is 60.9 Å². The third kappa shape index (κ3) is 3.59. The zero-order valence-corrected chi connectivity index (χ0v) is 16.0. The van der Waals surface area contributed by atoms with Gasteiger partial charge in [-0.2, -0.15) is 0 Å². The highest BCUT2D eigenvalue weighted by Gasteiger charge is 2.10. The van der Waals surface area contributed by atoms with Gasteiger partial charge in [-0.1, -0.05) is 12.1 Å². The van der Waals surface area contributed by atoms with Crippen molar-refractivity contribution in [3.63, 3.8) is 0 Å². The van der Waals surface area contributed by atoms with Crippen molar-refractivity contribution in [1.29, 1.82) is 0 Å². The molecule has 28 heavy (non-hydrogen) atoms. The van der Waals surface area contributed by atoms with Gasteiger partial charge in [-0.25, -0.2) is 0 Å². The number of fused-ring (bicyclic) bond motifs is 2. The number of hydrogen-bond acceptors (Lipinski definition) is 3. The number of nitrogens with zero attached hydrogens (tertiary/aromatic N) is 2. The summed E-state index contributed by atoms with van der Waals surface area (Å²) in [6.45, 7) is 1.36. The predicted octanol–water partition coefficient (Wildman–Crippen LogP) is 3.80. The van der Waals surface area contributed by atoms with E-state index >= 15 is 0 Å². The van der Waals surface area contributed by atoms with E-state index < -0.39 is 0 Å². The molecule has 0 radical (unpaired) electrons. The Morgan fingerprint density at radius 3 is 2.82 bits per heavy atom. The summed E-state index contributed by atoms with van der Waals surface area (Å²) in [5.41, 5.74) is 2.89. The first kappa shape index (κ1) is 18.1. The predicted molar refractivity (Wildman–Crippen MR) is 111 cm³/mol. The summed E-state index contributed by atoms with van der Waals surface area (Å²) in [5.74, 6) is 0.506. The molecule has 1 amide bonds. The second-order valence-corrected chi connectivity index (χ2v) is 6.73. The quantitative estimate of drug-likeness (QED) is 0.533. The molecule has 144 valence electrons. The second kappa shape index (κ2) is 7.78. The molecule has 4 aromatic rings. The number of carbonyl (C=O) groups excluding carboxylic acids is 1. The number of nitrogens with one attached hydrogen (secondary N) is 1. The van der Waals surface area contributed by atoms with Crippen LogP contribution in [0.25, 0.3) is 21.8 Å². The van der Waals surface area contributed by atoms with Gasteiger partial charge in [0.2, 0.25) is 0 Å². The molecule has 0 aliphatic carbocycles. The lowest BCUT2D eigenvalue weighted by molar-refractivity contribution is -0.118. The molecular formula is C22H23N3O3. The zero-order chi connectivity index (χ0) is 19.5. The van der Waals surface area contributed by atoms with Gasteiger partial charge in [0.25, 0.3) is 5.91 Å². The maximum absolute atomic E-state index is 12.4. The van der Waals surface area contributed by atoms with Gasteiger partial charge in [0, 0.05) is 49.7 Å². The van der Waals surface area contributed by atoms with E-state index in [-0.39, 0.29) is 12.5 Å². The number of methoxy groups -OCH3 is 1. The third-order valence-electron chi connectivity index (χ3n) is 4.84. The number of anilines is 1. The highest BCUT2D eigenvalue weighted by molar-refractivity contribution is 5.95. The largest absolute Gasteiger partial charge is 0.483 e. The van der Waals surface area contributed by atoms with Crippen molar-refractivity contribution < 1.29 is 14.3 Å². The summed E-state index contributed by atoms with van der Waals surface area (Å²) in [6, 6.07) is 15.8. The molecule has 2 heterocycles. The molecule has 0 saturated heterocycles. The molecule has 0 fully saturated rings. The van der Waals surface area contributed by atoms with E-state index in [0.29, 0.717) is 12.4 Å². The first-order chi connectivity index (χ1) is 13.7. The summed E-state index contributed by atoms with van der Waals surface area (Å²) >= 11 is 0. The standard InChI is InChI=1S/C22H23N3O3/c1-24-10-8-16-6-7-17(14-20(16)24)23-22(26)15-28-21-5-3-4-19-18(21)9-11-25(19)12-13-27-2/h3-11,14H,12-13,15H2,1-2H3,(H,23,26). The van der Waals surface area contributed by atoms with Crippen molar-refractivity contribution in [1.82, 2.24) is 9.13 Å². The fourth-order valence-corrected chi connectivity index (χ4v) is 3.39. The molecule has 0 aliphatic rings. The van der Waals surface area contributed by atoms with Gasteiger partial charge >= 0.3 is 0 Å². The van der Waals surface area contributed by atoms with Crippen LogP contribution in [-0.4, -0.2) is 35.4 Å². The summed E-state index contributed by atoms with van der Waals surface area (Å²) in [5, 5.41) is 5.03. The van der Waals surface area contributed by atoms with Crippen LogP contribution in [0.4, 0.5) is 5.69 Å². The zero-order valence-electron chi connectivity index (χ0n) is 16.0. The molecule has 6 heteroatoms. The van der Waals surface area contributed by atoms with E-state index in [9.17, 15) is 4.79 Å². The number of hydrogen-bond donors (Lipinski definition) is 1. The van der Waals surface area contributed by atoms with Gasteiger partial charge in [-0.3, -0.25) is 4.79 Å². The first-order valence-electron chi connectivity index (χ1n) is 9.20. The Kier molecular flexibility index (Phi) is 5.04. The highest BCUT2D eigenvalue weighted by atomic mass is 16.5. The van der Waals surface area contributed by atoms with Crippen LogP contribution in [0, 0.1) is 0 Å². The molecule has 0 saturated carbocycles. The second-order valence-electron chi connectivity index (χ2n) is 6.73. The molecule has 0 bridgehead atoms. The monoisotopic (exact) mass is 377 g/mol. The molecular weight excluding hydrogens is 354 g/mol. The van der Waals surface area contributed by atoms with E-state index in [2.05, 4.69) is 9.88 Å². The molecule has 0 unspecified atom stereocenters. The number of amides is 1. The normalized spacial score (nSPS) is 11.2. The van der Waals surface area contributed by atoms with Crippen molar-refractivity contribution in [2.45, 2.75) is 6.54 Å². The molecule has 0 atom stereocenters. The van der Waals surface area contributed by atoms with Crippen LogP contribution < -0.4 is 10.1 Å². The number of rotatable bonds is 7. The summed E-state index contributed by atoms with van der Waals surface area (Å²) in [4.78, 5) is 12.4. The average Bonchev–Trinajstić information content (AvgIpc) is 3.29. The van der Waals surface area contributed by atoms with Crippen LogP contribution in [0.2, 0.25) is 0 Å². The summed E-state index contributed by atoms with van der Waals surface area (Å²) in [6.07, 6.45) is 4.00. The minimum atomic E-state index is -0.190. The lowest BCUT2D eigenvalue weighted by Crippen LogP contribution is -2.20. The maximum Gasteiger partial charge on any atom is 0.262 e. The molecule has 6 nitrogen and oxygen atoms in total. The van der Waals surface area contributed by atoms with Crippen LogP contribution in [-0.2, 0) is 23.1 Å². The van der Waals surface area contributed by atoms with Crippen LogP contribution in [0.3, 0.4) is 0 Å². The van der Waals surface area contributed by atoms with Gasteiger partial charge in [-0.15, -0.1) is 0 Å². The molecule has 2 aromatic heterocycles. The van der Waals surface area contributed by atoms with E-state index in [1.165, 1.54) is 0 Å². The topological polar surface area (TPSA) is 57.4 Å². The lowest BCUT2D eigenvalue weighted by atomic mass is 10.2. The maximum atomic E-state index is 12.4. The Labute approximate surface area is 163 Å². The summed E-state index contributed by atoms with van der Waals surface area (Å²) in [7, 11) is 3.67. The van der Waals surface area contributed by atoms with Gasteiger partial charge in [0.05, 0.1) is 12.1 Å². The Morgan fingerprint density at radius 2 is 1.96 bits per heavy atom. The fourth-order valence-electron chi connectivity index (χ4n) is 3.39. The molecule has 0 spiro atoms. The Bertz CT molecular complexity index is 1130. The van der Waals surface area contributed by atoms with Crippen molar-refractivity contribution in [2.24, 2.45) is 7.05 Å². The minimum Gasteiger partial charge on any atom is -0.483 e. The van der Waals surface area contributed by atoms with Gasteiger partial charge < -0.3 is 23.9 Å². The van der Waals surface area contributed by atoms with Gasteiger partial charge in [0.15, 0.2) is 6.61 Å². The van der Waals surface area contributed by atoms with Crippen LogP contribution in [0.1, 0.15) is 0 Å². The fraction of sp³-hybridized carbons (Fsp3) is 0.227. The van der Waals surface area contributed by atoms with Crippen molar-refractivity contribution in [3.8, 4) is 5.75 Å².